The summed E-state index contributed by atoms with van der Waals surface area (Å²) in [6.07, 6.45) is 1.90. The van der Waals surface area contributed by atoms with Gasteiger partial charge in [-0.25, -0.2) is 17.6 Å². The van der Waals surface area contributed by atoms with Crippen LogP contribution in [0.15, 0.2) is 52.3 Å². The predicted octanol–water partition coefficient (Wildman–Crippen LogP) is 3.37. The highest BCUT2D eigenvalue weighted by Gasteiger charge is 2.26. The lowest BCUT2D eigenvalue weighted by Crippen LogP contribution is -2.31. The van der Waals surface area contributed by atoms with Crippen molar-refractivity contribution < 1.29 is 27.1 Å². The molecule has 1 amide bonds. The Hall–Kier alpha value is -2.43. The number of carbonyl (C=O) groups excluding carboxylic acids is 2. The van der Waals surface area contributed by atoms with E-state index in [2.05, 4.69) is 5.32 Å². The number of hydrogen-bond donors (Lipinski definition) is 1. The van der Waals surface area contributed by atoms with Gasteiger partial charge in [0.2, 0.25) is 10.0 Å². The number of nitrogens with zero attached hydrogens (tertiary/aromatic N) is 1. The van der Waals surface area contributed by atoms with Crippen LogP contribution in [0.4, 0.5) is 10.1 Å². The van der Waals surface area contributed by atoms with Gasteiger partial charge < -0.3 is 10.1 Å². The molecule has 0 aromatic heterocycles. The van der Waals surface area contributed by atoms with E-state index in [0.717, 1.165) is 27.4 Å². The molecule has 0 aliphatic heterocycles. The van der Waals surface area contributed by atoms with Gasteiger partial charge in [-0.2, -0.15) is 4.31 Å². The van der Waals surface area contributed by atoms with Crippen LogP contribution in [0.1, 0.15) is 24.2 Å². The molecule has 0 unspecified atom stereocenters. The fraction of sp³-hybridized carbons (Fsp3) is 0.300. The molecule has 30 heavy (non-hydrogen) atoms. The maximum absolute atomic E-state index is 14.2. The van der Waals surface area contributed by atoms with E-state index < -0.39 is 39.2 Å². The van der Waals surface area contributed by atoms with E-state index in [0.29, 0.717) is 5.69 Å². The maximum Gasteiger partial charge on any atom is 0.338 e. The molecule has 1 N–H and O–H groups in total. The lowest BCUT2D eigenvalue weighted by Gasteiger charge is -2.19. The average molecular weight is 455 g/mol. The minimum Gasteiger partial charge on any atom is -0.452 e. The van der Waals surface area contributed by atoms with Gasteiger partial charge in [0.1, 0.15) is 10.7 Å². The summed E-state index contributed by atoms with van der Waals surface area (Å²) in [5.74, 6) is -2.46. The highest BCUT2D eigenvalue weighted by Crippen LogP contribution is 2.22. The molecule has 7 nitrogen and oxygen atoms in total. The number of anilines is 1. The first-order valence-corrected chi connectivity index (χ1v) is 11.8. The zero-order chi connectivity index (χ0) is 22.3. The van der Waals surface area contributed by atoms with E-state index in [-0.39, 0.29) is 18.7 Å². The Bertz CT molecular complexity index is 1020. The molecule has 2 rings (SSSR count). The molecule has 0 saturated heterocycles. The number of rotatable bonds is 9. The number of ether oxygens (including phenoxy) is 1. The zero-order valence-electron chi connectivity index (χ0n) is 16.8. The third kappa shape index (κ3) is 5.80. The van der Waals surface area contributed by atoms with Crippen LogP contribution in [0, 0.1) is 5.82 Å². The molecular formula is C20H23FN2O5S2. The van der Waals surface area contributed by atoms with Crippen LogP contribution in [-0.2, 0) is 19.6 Å². The quantitative estimate of drug-likeness (QED) is 0.461. The Balaban J connectivity index is 2.09. The Kier molecular flexibility index (Phi) is 8.39. The number of halogens is 1. The van der Waals surface area contributed by atoms with Crippen LogP contribution in [-0.4, -0.2) is 50.6 Å². The lowest BCUT2D eigenvalue weighted by atomic mass is 10.2. The lowest BCUT2D eigenvalue weighted by molar-refractivity contribution is -0.119. The van der Waals surface area contributed by atoms with Crippen molar-refractivity contribution in [2.24, 2.45) is 0 Å². The van der Waals surface area contributed by atoms with Gasteiger partial charge >= 0.3 is 5.97 Å². The average Bonchev–Trinajstić information content (AvgIpc) is 2.73. The van der Waals surface area contributed by atoms with E-state index in [9.17, 15) is 22.4 Å². The van der Waals surface area contributed by atoms with Crippen LogP contribution >= 0.6 is 11.8 Å². The molecule has 2 aromatic rings. The summed E-state index contributed by atoms with van der Waals surface area (Å²) in [6, 6.07) is 10.1. The standard InChI is InChI=1S/C20H23FN2O5S2/c1-4-23(5-2)30(26,27)18-11-14(9-10-17(18)21)20(25)28-13-19(24)22-15-7-6-8-16(12-15)29-3/h6-12H,4-5,13H2,1-3H3,(H,22,24). The second kappa shape index (κ2) is 10.6. The van der Waals surface area contributed by atoms with Gasteiger partial charge in [-0.3, -0.25) is 4.79 Å². The molecule has 0 aliphatic rings. The Morgan fingerprint density at radius 3 is 2.47 bits per heavy atom. The van der Waals surface area contributed by atoms with Crippen molar-refractivity contribution in [3.05, 3.63) is 53.8 Å². The number of benzene rings is 2. The molecule has 0 atom stereocenters. The highest BCUT2D eigenvalue weighted by molar-refractivity contribution is 7.98. The fourth-order valence-electron chi connectivity index (χ4n) is 2.64. The zero-order valence-corrected chi connectivity index (χ0v) is 18.5. The minimum atomic E-state index is -4.10. The Morgan fingerprint density at radius 2 is 1.83 bits per heavy atom. The molecule has 0 aliphatic carbocycles. The molecular weight excluding hydrogens is 431 g/mol. The van der Waals surface area contributed by atoms with Crippen molar-refractivity contribution in [1.82, 2.24) is 4.31 Å². The second-order valence-corrected chi connectivity index (χ2v) is 8.88. The number of amides is 1. The van der Waals surface area contributed by atoms with Crippen LogP contribution in [0.25, 0.3) is 0 Å². The molecule has 10 heteroatoms. The Labute approximate surface area is 179 Å². The van der Waals surface area contributed by atoms with E-state index >= 15 is 0 Å². The van der Waals surface area contributed by atoms with Gasteiger partial charge in [-0.1, -0.05) is 19.9 Å². The normalized spacial score (nSPS) is 11.4. The van der Waals surface area contributed by atoms with E-state index in [1.165, 1.54) is 11.8 Å². The predicted molar refractivity (Wildman–Crippen MR) is 114 cm³/mol. The summed E-state index contributed by atoms with van der Waals surface area (Å²) in [5, 5.41) is 2.61. The SMILES string of the molecule is CCN(CC)S(=O)(=O)c1cc(C(=O)OCC(=O)Nc2cccc(SC)c2)ccc1F. The van der Waals surface area contributed by atoms with E-state index in [1.807, 2.05) is 12.3 Å². The summed E-state index contributed by atoms with van der Waals surface area (Å²) >= 11 is 1.52. The van der Waals surface area contributed by atoms with Gasteiger partial charge in [-0.15, -0.1) is 11.8 Å². The van der Waals surface area contributed by atoms with Crippen molar-refractivity contribution in [2.75, 3.05) is 31.3 Å². The van der Waals surface area contributed by atoms with E-state index in [4.69, 9.17) is 4.74 Å². The molecule has 0 saturated carbocycles. The largest absolute Gasteiger partial charge is 0.452 e. The third-order valence-corrected chi connectivity index (χ3v) is 6.97. The molecule has 0 fully saturated rings. The summed E-state index contributed by atoms with van der Waals surface area (Å²) < 4.78 is 45.3. The monoisotopic (exact) mass is 454 g/mol. The highest BCUT2D eigenvalue weighted by atomic mass is 32.2. The topological polar surface area (TPSA) is 92.8 Å². The molecule has 0 heterocycles. The van der Waals surface area contributed by atoms with Crippen molar-refractivity contribution in [3.8, 4) is 0 Å². The molecule has 162 valence electrons. The number of thioether (sulfide) groups is 1. The summed E-state index contributed by atoms with van der Waals surface area (Å²) in [4.78, 5) is 24.6. The van der Waals surface area contributed by atoms with Gasteiger partial charge in [0.05, 0.1) is 5.56 Å². The van der Waals surface area contributed by atoms with E-state index in [1.54, 1.807) is 32.0 Å². The number of sulfonamides is 1. The minimum absolute atomic E-state index is 0.158. The number of nitrogens with one attached hydrogen (secondary N) is 1. The summed E-state index contributed by atoms with van der Waals surface area (Å²) in [6.45, 7) is 3.00. The van der Waals surface area contributed by atoms with Gasteiger partial charge in [0.25, 0.3) is 5.91 Å². The van der Waals surface area contributed by atoms with Crippen molar-refractivity contribution in [2.45, 2.75) is 23.6 Å². The third-order valence-electron chi connectivity index (χ3n) is 4.18. The maximum atomic E-state index is 14.2. The fourth-order valence-corrected chi connectivity index (χ4v) is 4.65. The molecule has 0 spiro atoms. The first kappa shape index (κ1) is 23.8. The van der Waals surface area contributed by atoms with Crippen LogP contribution in [0.5, 0.6) is 0 Å². The van der Waals surface area contributed by atoms with Crippen LogP contribution in [0.2, 0.25) is 0 Å². The molecule has 0 bridgehead atoms. The summed E-state index contributed by atoms with van der Waals surface area (Å²) in [5.41, 5.74) is 0.386. The van der Waals surface area contributed by atoms with Crippen molar-refractivity contribution in [3.63, 3.8) is 0 Å². The van der Waals surface area contributed by atoms with Crippen LogP contribution < -0.4 is 5.32 Å². The van der Waals surface area contributed by atoms with Crippen LogP contribution in [0.3, 0.4) is 0 Å². The first-order valence-electron chi connectivity index (χ1n) is 9.13. The number of carbonyl (C=O) groups is 2. The number of hydrogen-bond acceptors (Lipinski definition) is 6. The number of esters is 1. The van der Waals surface area contributed by atoms with Gasteiger partial charge in [0, 0.05) is 23.7 Å². The Morgan fingerprint density at radius 1 is 1.13 bits per heavy atom. The molecule has 0 radical (unpaired) electrons. The van der Waals surface area contributed by atoms with Crippen molar-refractivity contribution in [1.29, 1.82) is 0 Å². The smallest absolute Gasteiger partial charge is 0.338 e. The first-order chi connectivity index (χ1) is 14.2. The van der Waals surface area contributed by atoms with Crippen molar-refractivity contribution >= 4 is 39.3 Å². The summed E-state index contributed by atoms with van der Waals surface area (Å²) in [7, 11) is -4.10. The second-order valence-electron chi connectivity index (χ2n) is 6.09. The van der Waals surface area contributed by atoms with Gasteiger partial charge in [0.15, 0.2) is 6.61 Å². The van der Waals surface area contributed by atoms with Gasteiger partial charge in [-0.05, 0) is 42.7 Å². The molecule has 2 aromatic carbocycles.